The van der Waals surface area contributed by atoms with Gasteiger partial charge in [-0.3, -0.25) is 14.4 Å². The molecule has 0 radical (unpaired) electrons. The highest BCUT2D eigenvalue weighted by atomic mass is 16.5. The van der Waals surface area contributed by atoms with Gasteiger partial charge in [0.15, 0.2) is 6.10 Å². The fourth-order valence-electron chi connectivity index (χ4n) is 2.41. The highest BCUT2D eigenvalue weighted by Gasteiger charge is 2.18. The monoisotopic (exact) mass is 384 g/mol. The molecule has 2 rings (SSSR count). The van der Waals surface area contributed by atoms with E-state index in [-0.39, 0.29) is 12.3 Å². The van der Waals surface area contributed by atoms with Gasteiger partial charge in [0.1, 0.15) is 5.75 Å². The molecule has 0 unspecified atom stereocenters. The molecular weight excluding hydrogens is 360 g/mol. The van der Waals surface area contributed by atoms with Crippen LogP contribution in [-0.4, -0.2) is 30.5 Å². The van der Waals surface area contributed by atoms with Crippen LogP contribution in [-0.2, 0) is 25.5 Å². The topological polar surface area (TPSA) is 93.7 Å². The lowest BCUT2D eigenvalue weighted by Gasteiger charge is -2.14. The largest absolute Gasteiger partial charge is 0.494 e. The molecule has 0 aliphatic carbocycles. The Kier molecular flexibility index (Phi) is 7.56. The first kappa shape index (κ1) is 21.0. The number of nitrogens with one attached hydrogen (secondary N) is 2. The van der Waals surface area contributed by atoms with Gasteiger partial charge in [-0.1, -0.05) is 12.1 Å². The van der Waals surface area contributed by atoms with E-state index >= 15 is 0 Å². The minimum Gasteiger partial charge on any atom is -0.494 e. The maximum Gasteiger partial charge on any atom is 0.311 e. The van der Waals surface area contributed by atoms with E-state index in [9.17, 15) is 14.4 Å². The van der Waals surface area contributed by atoms with Crippen molar-refractivity contribution >= 4 is 29.2 Å². The molecule has 28 heavy (non-hydrogen) atoms. The van der Waals surface area contributed by atoms with Crippen molar-refractivity contribution in [1.29, 1.82) is 0 Å². The summed E-state index contributed by atoms with van der Waals surface area (Å²) < 4.78 is 10.5. The molecule has 0 aliphatic rings. The average Bonchev–Trinajstić information content (AvgIpc) is 2.64. The molecule has 0 fully saturated rings. The molecule has 2 aromatic carbocycles. The maximum atomic E-state index is 12.2. The van der Waals surface area contributed by atoms with E-state index in [1.54, 1.807) is 48.5 Å². The zero-order chi connectivity index (χ0) is 20.5. The van der Waals surface area contributed by atoms with Crippen molar-refractivity contribution in [2.75, 3.05) is 17.2 Å². The van der Waals surface area contributed by atoms with Gasteiger partial charge >= 0.3 is 5.97 Å². The van der Waals surface area contributed by atoms with Gasteiger partial charge in [0, 0.05) is 18.3 Å². The van der Waals surface area contributed by atoms with E-state index in [0.29, 0.717) is 23.7 Å². The number of carbonyl (C=O) groups is 3. The van der Waals surface area contributed by atoms with Crippen LogP contribution < -0.4 is 15.4 Å². The SMILES string of the molecule is CCOc1ccc(NC(=O)[C@H](C)OC(=O)Cc2ccc(NC(C)=O)cc2)cc1. The van der Waals surface area contributed by atoms with Crippen LogP contribution in [0.4, 0.5) is 11.4 Å². The molecule has 0 bridgehead atoms. The van der Waals surface area contributed by atoms with E-state index in [0.717, 1.165) is 5.56 Å². The van der Waals surface area contributed by atoms with Crippen molar-refractivity contribution in [3.63, 3.8) is 0 Å². The number of amides is 2. The Morgan fingerprint density at radius 2 is 1.50 bits per heavy atom. The van der Waals surface area contributed by atoms with Crippen LogP contribution in [0.1, 0.15) is 26.3 Å². The van der Waals surface area contributed by atoms with Crippen molar-refractivity contribution < 1.29 is 23.9 Å². The van der Waals surface area contributed by atoms with Gasteiger partial charge in [0.25, 0.3) is 5.91 Å². The van der Waals surface area contributed by atoms with Crippen LogP contribution in [0.2, 0.25) is 0 Å². The van der Waals surface area contributed by atoms with Gasteiger partial charge in [0.2, 0.25) is 5.91 Å². The molecule has 0 aliphatic heterocycles. The maximum absolute atomic E-state index is 12.2. The third-order valence-electron chi connectivity index (χ3n) is 3.73. The molecule has 2 amide bonds. The molecule has 0 aromatic heterocycles. The number of hydrogen-bond donors (Lipinski definition) is 2. The molecule has 7 heteroatoms. The summed E-state index contributed by atoms with van der Waals surface area (Å²) in [7, 11) is 0. The van der Waals surface area contributed by atoms with E-state index in [1.807, 2.05) is 6.92 Å². The third kappa shape index (κ3) is 6.75. The molecule has 2 aromatic rings. The molecule has 0 spiro atoms. The van der Waals surface area contributed by atoms with Gasteiger partial charge in [-0.25, -0.2) is 0 Å². The summed E-state index contributed by atoms with van der Waals surface area (Å²) in [6.07, 6.45) is -0.904. The quantitative estimate of drug-likeness (QED) is 0.682. The molecule has 0 saturated carbocycles. The summed E-state index contributed by atoms with van der Waals surface area (Å²) in [6, 6.07) is 13.8. The summed E-state index contributed by atoms with van der Waals surface area (Å²) in [5.41, 5.74) is 1.95. The lowest BCUT2D eigenvalue weighted by Crippen LogP contribution is -2.30. The van der Waals surface area contributed by atoms with E-state index < -0.39 is 18.0 Å². The molecule has 0 heterocycles. The average molecular weight is 384 g/mol. The van der Waals surface area contributed by atoms with Gasteiger partial charge < -0.3 is 20.1 Å². The highest BCUT2D eigenvalue weighted by Crippen LogP contribution is 2.16. The summed E-state index contributed by atoms with van der Waals surface area (Å²) in [6.45, 7) is 5.39. The van der Waals surface area contributed by atoms with Gasteiger partial charge in [-0.2, -0.15) is 0 Å². The van der Waals surface area contributed by atoms with Crippen LogP contribution in [0.25, 0.3) is 0 Å². The summed E-state index contributed by atoms with van der Waals surface area (Å²) in [4.78, 5) is 35.3. The second kappa shape index (κ2) is 10.1. The van der Waals surface area contributed by atoms with Crippen molar-refractivity contribution in [1.82, 2.24) is 0 Å². The first-order chi connectivity index (χ1) is 13.4. The second-order valence-corrected chi connectivity index (χ2v) is 6.13. The van der Waals surface area contributed by atoms with E-state index in [4.69, 9.17) is 9.47 Å². The van der Waals surface area contributed by atoms with Crippen LogP contribution in [0.15, 0.2) is 48.5 Å². The zero-order valence-electron chi connectivity index (χ0n) is 16.2. The number of ether oxygens (including phenoxy) is 2. The lowest BCUT2D eigenvalue weighted by molar-refractivity contribution is -0.152. The minimum absolute atomic E-state index is 0.0288. The van der Waals surface area contributed by atoms with Gasteiger partial charge in [-0.05, 0) is 55.8 Å². The predicted molar refractivity (Wildman–Crippen MR) is 106 cm³/mol. The number of esters is 1. The Morgan fingerprint density at radius 3 is 2.07 bits per heavy atom. The van der Waals surface area contributed by atoms with Gasteiger partial charge in [0.05, 0.1) is 13.0 Å². The third-order valence-corrected chi connectivity index (χ3v) is 3.73. The van der Waals surface area contributed by atoms with Crippen LogP contribution in [0, 0.1) is 0 Å². The number of benzene rings is 2. The van der Waals surface area contributed by atoms with Crippen LogP contribution >= 0.6 is 0 Å². The predicted octanol–water partition coefficient (Wildman–Crippen LogP) is 3.16. The van der Waals surface area contributed by atoms with Crippen molar-refractivity contribution in [3.8, 4) is 5.75 Å². The van der Waals surface area contributed by atoms with Crippen molar-refractivity contribution in [2.45, 2.75) is 33.3 Å². The molecule has 7 nitrogen and oxygen atoms in total. The van der Waals surface area contributed by atoms with Crippen molar-refractivity contribution in [2.24, 2.45) is 0 Å². The summed E-state index contributed by atoms with van der Waals surface area (Å²) >= 11 is 0. The molecule has 148 valence electrons. The zero-order valence-corrected chi connectivity index (χ0v) is 16.2. The Hall–Kier alpha value is -3.35. The van der Waals surface area contributed by atoms with Crippen LogP contribution in [0.3, 0.4) is 0 Å². The van der Waals surface area contributed by atoms with Crippen LogP contribution in [0.5, 0.6) is 5.75 Å². The molecule has 0 saturated heterocycles. The Balaban J connectivity index is 1.83. The Labute approximate surface area is 164 Å². The fourth-order valence-corrected chi connectivity index (χ4v) is 2.41. The standard InChI is InChI=1S/C21H24N2O5/c1-4-27-19-11-9-18(10-12-19)23-21(26)14(2)28-20(25)13-16-5-7-17(8-6-16)22-15(3)24/h5-12,14H,4,13H2,1-3H3,(H,22,24)(H,23,26)/t14-/m0/s1. The second-order valence-electron chi connectivity index (χ2n) is 6.13. The van der Waals surface area contributed by atoms with E-state index in [2.05, 4.69) is 10.6 Å². The number of rotatable bonds is 8. The molecule has 2 N–H and O–H groups in total. The first-order valence-electron chi connectivity index (χ1n) is 8.97. The Bertz CT molecular complexity index is 816. The minimum atomic E-state index is -0.933. The highest BCUT2D eigenvalue weighted by molar-refractivity contribution is 5.95. The molecule has 1 atom stereocenters. The normalized spacial score (nSPS) is 11.2. The lowest BCUT2D eigenvalue weighted by atomic mass is 10.1. The smallest absolute Gasteiger partial charge is 0.311 e. The number of anilines is 2. The van der Waals surface area contributed by atoms with Gasteiger partial charge in [-0.15, -0.1) is 0 Å². The summed E-state index contributed by atoms with van der Waals surface area (Å²) in [5, 5.41) is 5.34. The summed E-state index contributed by atoms with van der Waals surface area (Å²) in [5.74, 6) is -0.385. The Morgan fingerprint density at radius 1 is 0.929 bits per heavy atom. The van der Waals surface area contributed by atoms with Crippen molar-refractivity contribution in [3.05, 3.63) is 54.1 Å². The fraction of sp³-hybridized carbons (Fsp3) is 0.286. The number of carbonyl (C=O) groups excluding carboxylic acids is 3. The van der Waals surface area contributed by atoms with E-state index in [1.165, 1.54) is 13.8 Å². The molecular formula is C21H24N2O5. The number of hydrogen-bond acceptors (Lipinski definition) is 5. The first-order valence-corrected chi connectivity index (χ1v) is 8.97.